The van der Waals surface area contributed by atoms with Gasteiger partial charge >= 0.3 is 0 Å². The number of rotatable bonds is 2. The fourth-order valence-electron chi connectivity index (χ4n) is 2.97. The predicted molar refractivity (Wildman–Crippen MR) is 83.4 cm³/mol. The topological polar surface area (TPSA) is 23.5 Å². The molecular weight excluding hydrogens is 246 g/mol. The molecule has 0 saturated carbocycles. The molecule has 1 aliphatic rings. The van der Waals surface area contributed by atoms with E-state index in [1.54, 1.807) is 6.92 Å². The SMILES string of the molecule is CC1Cc2ccccc2N(c2ccc([C@H](C)O)cc2)C1. The quantitative estimate of drug-likeness (QED) is 0.886. The van der Waals surface area contributed by atoms with E-state index in [2.05, 4.69) is 48.2 Å². The van der Waals surface area contributed by atoms with Crippen LogP contribution in [0.4, 0.5) is 11.4 Å². The van der Waals surface area contributed by atoms with Crippen molar-refractivity contribution in [3.8, 4) is 0 Å². The summed E-state index contributed by atoms with van der Waals surface area (Å²) in [5.41, 5.74) is 4.90. The summed E-state index contributed by atoms with van der Waals surface area (Å²) in [4.78, 5) is 2.38. The molecule has 1 N–H and O–H groups in total. The van der Waals surface area contributed by atoms with E-state index in [0.29, 0.717) is 5.92 Å². The molecule has 0 aromatic heterocycles. The van der Waals surface area contributed by atoms with Gasteiger partial charge in [0, 0.05) is 17.9 Å². The lowest BCUT2D eigenvalue weighted by Gasteiger charge is -2.35. The molecule has 20 heavy (non-hydrogen) atoms. The molecule has 1 aliphatic heterocycles. The van der Waals surface area contributed by atoms with Crippen LogP contribution in [-0.4, -0.2) is 11.7 Å². The Morgan fingerprint density at radius 3 is 2.50 bits per heavy atom. The van der Waals surface area contributed by atoms with Crippen LogP contribution in [0.2, 0.25) is 0 Å². The number of aliphatic hydroxyl groups is 1. The minimum absolute atomic E-state index is 0.406. The third kappa shape index (κ3) is 2.44. The minimum atomic E-state index is -0.406. The van der Waals surface area contributed by atoms with Crippen LogP contribution in [0.25, 0.3) is 0 Å². The summed E-state index contributed by atoms with van der Waals surface area (Å²) in [6.45, 7) is 5.14. The molecule has 2 aromatic carbocycles. The summed E-state index contributed by atoms with van der Waals surface area (Å²) in [7, 11) is 0. The summed E-state index contributed by atoms with van der Waals surface area (Å²) >= 11 is 0. The van der Waals surface area contributed by atoms with Gasteiger partial charge in [0.2, 0.25) is 0 Å². The van der Waals surface area contributed by atoms with Crippen LogP contribution >= 0.6 is 0 Å². The third-order valence-electron chi connectivity index (χ3n) is 4.03. The highest BCUT2D eigenvalue weighted by Crippen LogP contribution is 2.35. The first kappa shape index (κ1) is 13.2. The maximum absolute atomic E-state index is 9.61. The third-order valence-corrected chi connectivity index (χ3v) is 4.03. The van der Waals surface area contributed by atoms with Gasteiger partial charge in [0.25, 0.3) is 0 Å². The van der Waals surface area contributed by atoms with Gasteiger partial charge in [-0.2, -0.15) is 0 Å². The van der Waals surface area contributed by atoms with Gasteiger partial charge in [0.15, 0.2) is 0 Å². The first-order valence-corrected chi connectivity index (χ1v) is 7.28. The van der Waals surface area contributed by atoms with Crippen molar-refractivity contribution in [2.45, 2.75) is 26.4 Å². The van der Waals surface area contributed by atoms with Crippen molar-refractivity contribution in [1.82, 2.24) is 0 Å². The first-order valence-electron chi connectivity index (χ1n) is 7.28. The van der Waals surface area contributed by atoms with Crippen molar-refractivity contribution in [1.29, 1.82) is 0 Å². The van der Waals surface area contributed by atoms with Crippen LogP contribution in [0.5, 0.6) is 0 Å². The smallest absolute Gasteiger partial charge is 0.0761 e. The monoisotopic (exact) mass is 267 g/mol. The van der Waals surface area contributed by atoms with Gasteiger partial charge in [-0.1, -0.05) is 37.3 Å². The van der Waals surface area contributed by atoms with Gasteiger partial charge in [0.05, 0.1) is 6.10 Å². The molecule has 3 rings (SSSR count). The van der Waals surface area contributed by atoms with Crippen LogP contribution < -0.4 is 4.90 Å². The molecule has 104 valence electrons. The summed E-state index contributed by atoms with van der Waals surface area (Å²) in [6, 6.07) is 16.9. The molecule has 0 saturated heterocycles. The summed E-state index contributed by atoms with van der Waals surface area (Å²) < 4.78 is 0. The molecule has 2 atom stereocenters. The molecule has 1 heterocycles. The minimum Gasteiger partial charge on any atom is -0.389 e. The lowest BCUT2D eigenvalue weighted by Crippen LogP contribution is -2.30. The van der Waals surface area contributed by atoms with E-state index in [4.69, 9.17) is 0 Å². The van der Waals surface area contributed by atoms with Gasteiger partial charge in [-0.05, 0) is 48.6 Å². The Morgan fingerprint density at radius 1 is 1.10 bits per heavy atom. The van der Waals surface area contributed by atoms with Crippen LogP contribution in [0, 0.1) is 5.92 Å². The number of hydrogen-bond acceptors (Lipinski definition) is 2. The van der Waals surface area contributed by atoms with Gasteiger partial charge in [-0.25, -0.2) is 0 Å². The van der Waals surface area contributed by atoms with Crippen molar-refractivity contribution < 1.29 is 5.11 Å². The van der Waals surface area contributed by atoms with E-state index >= 15 is 0 Å². The van der Waals surface area contributed by atoms with Crippen LogP contribution in [0.15, 0.2) is 48.5 Å². The lowest BCUT2D eigenvalue weighted by atomic mass is 9.93. The first-order chi connectivity index (χ1) is 9.65. The number of fused-ring (bicyclic) bond motifs is 1. The number of benzene rings is 2. The van der Waals surface area contributed by atoms with E-state index < -0.39 is 6.10 Å². The molecule has 0 spiro atoms. The molecule has 1 unspecified atom stereocenters. The van der Waals surface area contributed by atoms with Crippen molar-refractivity contribution in [3.05, 3.63) is 59.7 Å². The zero-order valence-corrected chi connectivity index (χ0v) is 12.1. The Kier molecular flexibility index (Phi) is 3.49. The van der Waals surface area contributed by atoms with Crippen molar-refractivity contribution in [2.75, 3.05) is 11.4 Å². The summed E-state index contributed by atoms with van der Waals surface area (Å²) in [5.74, 6) is 0.654. The average Bonchev–Trinajstić information content (AvgIpc) is 2.46. The maximum Gasteiger partial charge on any atom is 0.0761 e. The largest absolute Gasteiger partial charge is 0.389 e. The Labute approximate surface area is 120 Å². The second-order valence-corrected chi connectivity index (χ2v) is 5.82. The number of aliphatic hydroxyl groups excluding tert-OH is 1. The van der Waals surface area contributed by atoms with Crippen molar-refractivity contribution in [2.24, 2.45) is 5.92 Å². The highest BCUT2D eigenvalue weighted by atomic mass is 16.3. The van der Waals surface area contributed by atoms with Gasteiger partial charge in [-0.15, -0.1) is 0 Å². The second kappa shape index (κ2) is 5.29. The Bertz CT molecular complexity index is 589. The summed E-state index contributed by atoms with van der Waals surface area (Å²) in [5, 5.41) is 9.61. The van der Waals surface area contributed by atoms with Crippen molar-refractivity contribution in [3.63, 3.8) is 0 Å². The molecule has 0 amide bonds. The highest BCUT2D eigenvalue weighted by Gasteiger charge is 2.22. The lowest BCUT2D eigenvalue weighted by molar-refractivity contribution is 0.199. The molecule has 0 radical (unpaired) electrons. The Balaban J connectivity index is 1.97. The zero-order chi connectivity index (χ0) is 14.1. The molecule has 0 bridgehead atoms. The maximum atomic E-state index is 9.61. The normalized spacial score (nSPS) is 19.6. The van der Waals surface area contributed by atoms with E-state index in [1.165, 1.54) is 16.9 Å². The fraction of sp³-hybridized carbons (Fsp3) is 0.333. The predicted octanol–water partition coefficient (Wildman–Crippen LogP) is 4.07. The Hall–Kier alpha value is -1.80. The second-order valence-electron chi connectivity index (χ2n) is 5.82. The summed E-state index contributed by atoms with van der Waals surface area (Å²) in [6.07, 6.45) is 0.745. The van der Waals surface area contributed by atoms with Gasteiger partial charge in [0.1, 0.15) is 0 Å². The van der Waals surface area contributed by atoms with E-state index in [1.807, 2.05) is 12.1 Å². The van der Waals surface area contributed by atoms with E-state index in [-0.39, 0.29) is 0 Å². The molecule has 0 aliphatic carbocycles. The van der Waals surface area contributed by atoms with Crippen molar-refractivity contribution >= 4 is 11.4 Å². The molecule has 2 aromatic rings. The average molecular weight is 267 g/mol. The van der Waals surface area contributed by atoms with Crippen LogP contribution in [0.3, 0.4) is 0 Å². The van der Waals surface area contributed by atoms with Gasteiger partial charge in [-0.3, -0.25) is 0 Å². The zero-order valence-electron chi connectivity index (χ0n) is 12.1. The Morgan fingerprint density at radius 2 is 1.80 bits per heavy atom. The fourth-order valence-corrected chi connectivity index (χ4v) is 2.97. The molecule has 2 nitrogen and oxygen atoms in total. The van der Waals surface area contributed by atoms with Crippen LogP contribution in [-0.2, 0) is 6.42 Å². The standard InChI is InChI=1S/C18H21NO/c1-13-11-16-5-3-4-6-18(16)19(12-13)17-9-7-15(8-10-17)14(2)20/h3-10,13-14,20H,11-12H2,1-2H3/t13?,14-/m0/s1. The molecular formula is C18H21NO. The number of anilines is 2. The number of nitrogens with zero attached hydrogens (tertiary/aromatic N) is 1. The highest BCUT2D eigenvalue weighted by molar-refractivity contribution is 5.68. The molecule has 0 fully saturated rings. The van der Waals surface area contributed by atoms with Crippen LogP contribution in [0.1, 0.15) is 31.1 Å². The number of para-hydroxylation sites is 1. The number of hydrogen-bond donors (Lipinski definition) is 1. The van der Waals surface area contributed by atoms with Gasteiger partial charge < -0.3 is 10.0 Å². The molecule has 2 heteroatoms. The van der Waals surface area contributed by atoms with E-state index in [0.717, 1.165) is 18.5 Å². The van der Waals surface area contributed by atoms with E-state index in [9.17, 15) is 5.11 Å².